The number of hydrogen-bond donors (Lipinski definition) is 3. The maximum absolute atomic E-state index is 12.2. The number of rotatable bonds is 5. The number of imide groups is 1. The summed E-state index contributed by atoms with van der Waals surface area (Å²) in [6.45, 7) is 4.18. The molecule has 2 aromatic rings. The van der Waals surface area contributed by atoms with E-state index in [1.807, 2.05) is 25.1 Å². The molecule has 3 N–H and O–H groups in total. The number of aromatic nitrogens is 1. The lowest BCUT2D eigenvalue weighted by atomic mass is 9.94. The van der Waals surface area contributed by atoms with Crippen LogP contribution in [0.1, 0.15) is 20.3 Å². The lowest BCUT2D eigenvalue weighted by Crippen LogP contribution is -2.57. The quantitative estimate of drug-likeness (QED) is 0.752. The van der Waals surface area contributed by atoms with Crippen LogP contribution in [0, 0.1) is 5.92 Å². The van der Waals surface area contributed by atoms with Gasteiger partial charge in [0.05, 0.1) is 22.7 Å². The Hall–Kier alpha value is -2.68. The first-order chi connectivity index (χ1) is 12.0. The fourth-order valence-corrected chi connectivity index (χ4v) is 3.54. The van der Waals surface area contributed by atoms with Gasteiger partial charge >= 0.3 is 6.03 Å². The van der Waals surface area contributed by atoms with Crippen LogP contribution in [0.3, 0.4) is 0 Å². The summed E-state index contributed by atoms with van der Waals surface area (Å²) in [7, 11) is 0. The number of nitrogens with zero attached hydrogens (tertiary/aromatic N) is 1. The predicted octanol–water partition coefficient (Wildman–Crippen LogP) is 1.87. The SMILES string of the molecule is CCOc1ccc2nc(NC(=O)CC3C(=O)NC(=O)NC3C)sc2c1. The monoisotopic (exact) mass is 362 g/mol. The van der Waals surface area contributed by atoms with Crippen LogP contribution in [-0.4, -0.2) is 35.5 Å². The molecule has 1 fully saturated rings. The number of benzene rings is 1. The van der Waals surface area contributed by atoms with E-state index in [1.165, 1.54) is 11.3 Å². The molecule has 0 aliphatic carbocycles. The summed E-state index contributed by atoms with van der Waals surface area (Å²) in [4.78, 5) is 39.7. The van der Waals surface area contributed by atoms with Crippen molar-refractivity contribution in [3.63, 3.8) is 0 Å². The third-order valence-electron chi connectivity index (χ3n) is 3.86. The fourth-order valence-electron chi connectivity index (χ4n) is 2.63. The molecule has 0 spiro atoms. The minimum atomic E-state index is -0.614. The summed E-state index contributed by atoms with van der Waals surface area (Å²) in [6.07, 6.45) is -0.0343. The van der Waals surface area contributed by atoms with Crippen LogP contribution in [0.15, 0.2) is 18.2 Å². The third-order valence-corrected chi connectivity index (χ3v) is 4.79. The van der Waals surface area contributed by atoms with Gasteiger partial charge in [-0.25, -0.2) is 9.78 Å². The van der Waals surface area contributed by atoms with Crippen molar-refractivity contribution in [3.8, 4) is 5.75 Å². The summed E-state index contributed by atoms with van der Waals surface area (Å²) in [6, 6.07) is 4.59. The Kier molecular flexibility index (Phi) is 4.84. The first-order valence-corrected chi connectivity index (χ1v) is 8.72. The zero-order valence-electron chi connectivity index (χ0n) is 13.8. The van der Waals surface area contributed by atoms with E-state index in [0.29, 0.717) is 11.7 Å². The molecular formula is C16H18N4O4S. The van der Waals surface area contributed by atoms with Gasteiger partial charge in [0.15, 0.2) is 5.13 Å². The normalized spacial score (nSPS) is 20.1. The van der Waals surface area contributed by atoms with Gasteiger partial charge in [0, 0.05) is 12.5 Å². The van der Waals surface area contributed by atoms with E-state index in [1.54, 1.807) is 6.92 Å². The number of urea groups is 1. The molecule has 2 atom stereocenters. The number of amides is 4. The molecule has 2 heterocycles. The van der Waals surface area contributed by atoms with Crippen LogP contribution in [0.5, 0.6) is 5.75 Å². The number of fused-ring (bicyclic) bond motifs is 1. The smallest absolute Gasteiger partial charge is 0.321 e. The van der Waals surface area contributed by atoms with Crippen LogP contribution < -0.4 is 20.7 Å². The molecular weight excluding hydrogens is 344 g/mol. The number of hydrogen-bond acceptors (Lipinski definition) is 6. The van der Waals surface area contributed by atoms with Gasteiger partial charge in [-0.1, -0.05) is 11.3 Å². The molecule has 0 radical (unpaired) electrons. The second-order valence-electron chi connectivity index (χ2n) is 5.69. The molecule has 132 valence electrons. The molecule has 1 aliphatic heterocycles. The number of thiazole rings is 1. The molecule has 25 heavy (non-hydrogen) atoms. The summed E-state index contributed by atoms with van der Waals surface area (Å²) in [5.74, 6) is -0.638. The fraction of sp³-hybridized carbons (Fsp3) is 0.375. The van der Waals surface area contributed by atoms with Crippen LogP contribution >= 0.6 is 11.3 Å². The number of nitrogens with one attached hydrogen (secondary N) is 3. The van der Waals surface area contributed by atoms with Gasteiger partial charge < -0.3 is 15.4 Å². The molecule has 1 aromatic carbocycles. The standard InChI is InChI=1S/C16H18N4O4S/c1-3-24-9-4-5-11-12(6-9)25-16(18-11)19-13(21)7-10-8(2)17-15(23)20-14(10)22/h4-6,8,10H,3,7H2,1-2H3,(H,18,19,21)(H2,17,20,22,23). The molecule has 0 bridgehead atoms. The maximum Gasteiger partial charge on any atom is 0.321 e. The number of carbonyl (C=O) groups is 3. The maximum atomic E-state index is 12.2. The van der Waals surface area contributed by atoms with Gasteiger partial charge in [-0.15, -0.1) is 0 Å². The first kappa shape index (κ1) is 17.2. The summed E-state index contributed by atoms with van der Waals surface area (Å²) < 4.78 is 6.35. The Morgan fingerprint density at radius 3 is 2.92 bits per heavy atom. The Labute approximate surface area is 147 Å². The van der Waals surface area contributed by atoms with Gasteiger partial charge in [-0.2, -0.15) is 0 Å². The second kappa shape index (κ2) is 7.06. The van der Waals surface area contributed by atoms with Gasteiger partial charge in [-0.05, 0) is 32.0 Å². The molecule has 2 unspecified atom stereocenters. The van der Waals surface area contributed by atoms with Crippen molar-refractivity contribution in [2.75, 3.05) is 11.9 Å². The lowest BCUT2D eigenvalue weighted by Gasteiger charge is -2.28. The lowest BCUT2D eigenvalue weighted by molar-refractivity contribution is -0.129. The Morgan fingerprint density at radius 2 is 2.20 bits per heavy atom. The molecule has 9 heteroatoms. The summed E-state index contributed by atoms with van der Waals surface area (Å²) >= 11 is 1.34. The van der Waals surface area contributed by atoms with Gasteiger partial charge in [0.25, 0.3) is 0 Å². The first-order valence-electron chi connectivity index (χ1n) is 7.91. The number of ether oxygens (including phenoxy) is 1. The summed E-state index contributed by atoms with van der Waals surface area (Å²) in [5.41, 5.74) is 0.764. The number of carbonyl (C=O) groups excluding carboxylic acids is 3. The topological polar surface area (TPSA) is 109 Å². The largest absolute Gasteiger partial charge is 0.494 e. The molecule has 4 amide bonds. The van der Waals surface area contributed by atoms with Crippen molar-refractivity contribution < 1.29 is 19.1 Å². The highest BCUT2D eigenvalue weighted by molar-refractivity contribution is 7.22. The van der Waals surface area contributed by atoms with E-state index in [4.69, 9.17) is 4.74 Å². The molecule has 0 saturated carbocycles. The zero-order valence-corrected chi connectivity index (χ0v) is 14.6. The second-order valence-corrected chi connectivity index (χ2v) is 6.72. The third kappa shape index (κ3) is 3.87. The highest BCUT2D eigenvalue weighted by atomic mass is 32.1. The van der Waals surface area contributed by atoms with Gasteiger partial charge in [0.2, 0.25) is 11.8 Å². The molecule has 3 rings (SSSR count). The van der Waals surface area contributed by atoms with Crippen molar-refractivity contribution in [2.24, 2.45) is 5.92 Å². The Bertz CT molecular complexity index is 835. The van der Waals surface area contributed by atoms with E-state index in [-0.39, 0.29) is 12.3 Å². The minimum Gasteiger partial charge on any atom is -0.494 e. The average Bonchev–Trinajstić information content (AvgIpc) is 2.92. The van der Waals surface area contributed by atoms with E-state index in [2.05, 4.69) is 20.9 Å². The van der Waals surface area contributed by atoms with Crippen LogP contribution in [0.4, 0.5) is 9.93 Å². The molecule has 1 aliphatic rings. The van der Waals surface area contributed by atoms with Crippen molar-refractivity contribution in [1.29, 1.82) is 0 Å². The highest BCUT2D eigenvalue weighted by Crippen LogP contribution is 2.29. The van der Waals surface area contributed by atoms with E-state index < -0.39 is 23.9 Å². The average molecular weight is 362 g/mol. The molecule has 1 saturated heterocycles. The van der Waals surface area contributed by atoms with E-state index in [0.717, 1.165) is 16.0 Å². The molecule has 1 aromatic heterocycles. The van der Waals surface area contributed by atoms with E-state index >= 15 is 0 Å². The van der Waals surface area contributed by atoms with Crippen molar-refractivity contribution in [2.45, 2.75) is 26.3 Å². The Morgan fingerprint density at radius 1 is 1.40 bits per heavy atom. The van der Waals surface area contributed by atoms with Crippen LogP contribution in [0.25, 0.3) is 10.2 Å². The minimum absolute atomic E-state index is 0.0343. The van der Waals surface area contributed by atoms with Gasteiger partial charge in [-0.3, -0.25) is 14.9 Å². The molecule has 8 nitrogen and oxygen atoms in total. The zero-order chi connectivity index (χ0) is 18.0. The van der Waals surface area contributed by atoms with Gasteiger partial charge in [0.1, 0.15) is 5.75 Å². The van der Waals surface area contributed by atoms with Crippen molar-refractivity contribution in [1.82, 2.24) is 15.6 Å². The number of anilines is 1. The van der Waals surface area contributed by atoms with Crippen molar-refractivity contribution >= 4 is 44.5 Å². The van der Waals surface area contributed by atoms with Crippen molar-refractivity contribution in [3.05, 3.63) is 18.2 Å². The van der Waals surface area contributed by atoms with Crippen LogP contribution in [-0.2, 0) is 9.59 Å². The van der Waals surface area contributed by atoms with Crippen LogP contribution in [0.2, 0.25) is 0 Å². The van der Waals surface area contributed by atoms with E-state index in [9.17, 15) is 14.4 Å². The summed E-state index contributed by atoms with van der Waals surface area (Å²) in [5, 5.41) is 7.94. The predicted molar refractivity (Wildman–Crippen MR) is 93.7 cm³/mol. The highest BCUT2D eigenvalue weighted by Gasteiger charge is 2.34. The Balaban J connectivity index is 1.67.